The fourth-order valence-corrected chi connectivity index (χ4v) is 5.22. The Kier molecular flexibility index (Phi) is 8.00. The molecule has 5 nitrogen and oxygen atoms in total. The van der Waals surface area contributed by atoms with Gasteiger partial charge in [0.1, 0.15) is 11.9 Å². The second-order valence-electron chi connectivity index (χ2n) is 9.92. The van der Waals surface area contributed by atoms with Gasteiger partial charge in [-0.1, -0.05) is 41.4 Å². The Morgan fingerprint density at radius 3 is 2.30 bits per heavy atom. The molecular weight excluding hydrogens is 480 g/mol. The molecule has 0 radical (unpaired) electrons. The molecule has 0 aliphatic carbocycles. The van der Waals surface area contributed by atoms with Crippen molar-refractivity contribution in [2.45, 2.75) is 39.3 Å². The average Bonchev–Trinajstić information content (AvgIpc) is 3.42. The summed E-state index contributed by atoms with van der Waals surface area (Å²) < 4.78 is 8.55. The van der Waals surface area contributed by atoms with Crippen LogP contribution in [0.25, 0.3) is 0 Å². The molecule has 1 atom stereocenters. The maximum Gasteiger partial charge on any atom is 0.119 e. The molecule has 6 heteroatoms. The quantitative estimate of drug-likeness (QED) is 0.253. The molecule has 1 aliphatic heterocycles. The van der Waals surface area contributed by atoms with Crippen molar-refractivity contribution in [2.24, 2.45) is 0 Å². The van der Waals surface area contributed by atoms with Crippen molar-refractivity contribution in [3.63, 3.8) is 0 Å². The van der Waals surface area contributed by atoms with Gasteiger partial charge in [0.2, 0.25) is 0 Å². The lowest BCUT2D eigenvalue weighted by Crippen LogP contribution is -2.46. The maximum absolute atomic E-state index is 6.47. The summed E-state index contributed by atoms with van der Waals surface area (Å²) >= 11 is 6.05. The van der Waals surface area contributed by atoms with Crippen LogP contribution in [-0.4, -0.2) is 41.8 Å². The zero-order valence-electron chi connectivity index (χ0n) is 21.7. The highest BCUT2D eigenvalue weighted by molar-refractivity contribution is 6.30. The summed E-state index contributed by atoms with van der Waals surface area (Å²) in [4.78, 5) is 9.16. The van der Waals surface area contributed by atoms with E-state index in [2.05, 4.69) is 87.8 Å². The third-order valence-corrected chi connectivity index (χ3v) is 7.37. The largest absolute Gasteiger partial charge is 0.489 e. The number of benzene rings is 3. The summed E-state index contributed by atoms with van der Waals surface area (Å²) in [5.74, 6) is 0.902. The van der Waals surface area contributed by atoms with E-state index in [1.54, 1.807) is 0 Å². The van der Waals surface area contributed by atoms with Gasteiger partial charge in [0.15, 0.2) is 0 Å². The van der Waals surface area contributed by atoms with Crippen molar-refractivity contribution in [3.8, 4) is 5.75 Å². The van der Waals surface area contributed by atoms with Gasteiger partial charge in [-0.2, -0.15) is 0 Å². The Morgan fingerprint density at radius 1 is 0.892 bits per heavy atom. The molecule has 1 fully saturated rings. The Bertz CT molecular complexity index is 1260. The van der Waals surface area contributed by atoms with Gasteiger partial charge in [0, 0.05) is 55.0 Å². The van der Waals surface area contributed by atoms with E-state index >= 15 is 0 Å². The van der Waals surface area contributed by atoms with Crippen LogP contribution in [0.1, 0.15) is 23.1 Å². The van der Waals surface area contributed by atoms with E-state index in [4.69, 9.17) is 16.3 Å². The molecule has 3 aromatic carbocycles. The standard InChI is InChI=1S/C31H35ClN4O/c1-24-3-14-31(25(2)21-24)36-19-17-35(18-20-36)28-9-12-29(13-10-28)37-30(22-34-16-15-33-23-34)11-6-26-4-7-27(32)8-5-26/h3-5,7-10,12-16,21,23,30H,6,11,17-20,22H2,1-2H3. The fourth-order valence-electron chi connectivity index (χ4n) is 5.09. The number of anilines is 2. The summed E-state index contributed by atoms with van der Waals surface area (Å²) in [6.07, 6.45) is 7.52. The van der Waals surface area contributed by atoms with Crippen LogP contribution in [0, 0.1) is 13.8 Å². The van der Waals surface area contributed by atoms with Gasteiger partial charge in [-0.25, -0.2) is 4.98 Å². The summed E-state index contributed by atoms with van der Waals surface area (Å²) in [6.45, 7) is 9.20. The highest BCUT2D eigenvalue weighted by atomic mass is 35.5. The number of aryl methyl sites for hydroxylation is 3. The molecule has 4 aromatic rings. The van der Waals surface area contributed by atoms with Crippen LogP contribution < -0.4 is 14.5 Å². The smallest absolute Gasteiger partial charge is 0.119 e. The lowest BCUT2D eigenvalue weighted by Gasteiger charge is -2.38. The topological polar surface area (TPSA) is 33.5 Å². The number of hydrogen-bond acceptors (Lipinski definition) is 4. The Morgan fingerprint density at radius 2 is 1.62 bits per heavy atom. The van der Waals surface area contributed by atoms with E-state index in [9.17, 15) is 0 Å². The van der Waals surface area contributed by atoms with Crippen LogP contribution in [0.2, 0.25) is 5.02 Å². The molecule has 0 N–H and O–H groups in total. The number of rotatable bonds is 9. The van der Waals surface area contributed by atoms with Crippen LogP contribution in [-0.2, 0) is 13.0 Å². The highest BCUT2D eigenvalue weighted by Crippen LogP contribution is 2.26. The SMILES string of the molecule is Cc1ccc(N2CCN(c3ccc(OC(CCc4ccc(Cl)cc4)Cn4ccnc4)cc3)CC2)c(C)c1. The second kappa shape index (κ2) is 11.7. The molecule has 1 saturated heterocycles. The monoisotopic (exact) mass is 514 g/mol. The minimum Gasteiger partial charge on any atom is -0.489 e. The first-order valence-electron chi connectivity index (χ1n) is 13.1. The minimum absolute atomic E-state index is 0.0389. The van der Waals surface area contributed by atoms with Gasteiger partial charge >= 0.3 is 0 Å². The predicted molar refractivity (Wildman–Crippen MR) is 153 cm³/mol. The number of nitrogens with zero attached hydrogens (tertiary/aromatic N) is 4. The molecule has 192 valence electrons. The minimum atomic E-state index is 0.0389. The van der Waals surface area contributed by atoms with Gasteiger partial charge in [-0.3, -0.25) is 0 Å². The Hall–Kier alpha value is -3.44. The summed E-state index contributed by atoms with van der Waals surface area (Å²) in [5.41, 5.74) is 6.55. The lowest BCUT2D eigenvalue weighted by atomic mass is 10.1. The van der Waals surface area contributed by atoms with E-state index in [1.807, 2.05) is 30.9 Å². The molecule has 1 unspecified atom stereocenters. The Labute approximate surface area is 225 Å². The van der Waals surface area contributed by atoms with Crippen LogP contribution in [0.15, 0.2) is 85.5 Å². The fraction of sp³-hybridized carbons (Fsp3) is 0.323. The van der Waals surface area contributed by atoms with Crippen LogP contribution in [0.4, 0.5) is 11.4 Å². The van der Waals surface area contributed by atoms with Crippen LogP contribution in [0.3, 0.4) is 0 Å². The molecule has 0 saturated carbocycles. The summed E-state index contributed by atoms with van der Waals surface area (Å²) in [7, 11) is 0. The average molecular weight is 515 g/mol. The van der Waals surface area contributed by atoms with Crippen LogP contribution in [0.5, 0.6) is 5.75 Å². The summed E-state index contributed by atoms with van der Waals surface area (Å²) in [6, 6.07) is 23.4. The first-order chi connectivity index (χ1) is 18.0. The predicted octanol–water partition coefficient (Wildman–Crippen LogP) is 6.56. The van der Waals surface area contributed by atoms with Gasteiger partial charge in [0.25, 0.3) is 0 Å². The maximum atomic E-state index is 6.47. The van der Waals surface area contributed by atoms with E-state index in [0.29, 0.717) is 0 Å². The number of piperazine rings is 1. The molecule has 5 rings (SSSR count). The molecule has 1 aromatic heterocycles. The first kappa shape index (κ1) is 25.2. The highest BCUT2D eigenvalue weighted by Gasteiger charge is 2.19. The second-order valence-corrected chi connectivity index (χ2v) is 10.4. The van der Waals surface area contributed by atoms with Crippen LogP contribution >= 0.6 is 11.6 Å². The molecule has 0 spiro atoms. The third kappa shape index (κ3) is 6.66. The van der Waals surface area contributed by atoms with Gasteiger partial charge < -0.3 is 19.1 Å². The molecule has 2 heterocycles. The molecule has 0 bridgehead atoms. The number of imidazole rings is 1. The van der Waals surface area contributed by atoms with Crippen molar-refractivity contribution in [2.75, 3.05) is 36.0 Å². The number of ether oxygens (including phenoxy) is 1. The molecule has 0 amide bonds. The summed E-state index contributed by atoms with van der Waals surface area (Å²) in [5, 5.41) is 0.765. The van der Waals surface area contributed by atoms with Crippen molar-refractivity contribution in [1.29, 1.82) is 0 Å². The third-order valence-electron chi connectivity index (χ3n) is 7.12. The zero-order chi connectivity index (χ0) is 25.6. The zero-order valence-corrected chi connectivity index (χ0v) is 22.4. The van der Waals surface area contributed by atoms with E-state index in [0.717, 1.165) is 56.3 Å². The number of halogens is 1. The van der Waals surface area contributed by atoms with E-state index in [-0.39, 0.29) is 6.10 Å². The van der Waals surface area contributed by atoms with Crippen molar-refractivity contribution >= 4 is 23.0 Å². The van der Waals surface area contributed by atoms with Gasteiger partial charge in [-0.15, -0.1) is 0 Å². The van der Waals surface area contributed by atoms with Crippen molar-refractivity contribution in [1.82, 2.24) is 9.55 Å². The van der Waals surface area contributed by atoms with E-state index in [1.165, 1.54) is 28.1 Å². The molecule has 1 aliphatic rings. The van der Waals surface area contributed by atoms with Crippen molar-refractivity contribution in [3.05, 3.63) is 107 Å². The Balaban J connectivity index is 1.19. The number of hydrogen-bond donors (Lipinski definition) is 0. The van der Waals surface area contributed by atoms with Gasteiger partial charge in [-0.05, 0) is 80.3 Å². The first-order valence-corrected chi connectivity index (χ1v) is 13.5. The van der Waals surface area contributed by atoms with E-state index < -0.39 is 0 Å². The number of aromatic nitrogens is 2. The van der Waals surface area contributed by atoms with Gasteiger partial charge in [0.05, 0.1) is 12.9 Å². The van der Waals surface area contributed by atoms with Crippen molar-refractivity contribution < 1.29 is 4.74 Å². The molecule has 37 heavy (non-hydrogen) atoms. The lowest BCUT2D eigenvalue weighted by molar-refractivity contribution is 0.170. The normalized spacial score (nSPS) is 14.6. The molecular formula is C31H35ClN4O.